The van der Waals surface area contributed by atoms with Crippen LogP contribution in [0.5, 0.6) is 0 Å². The maximum Gasteiger partial charge on any atom is 0.192 e. The van der Waals surface area contributed by atoms with Crippen molar-refractivity contribution in [2.45, 2.75) is 160 Å². The standard InChI is InChI=1S/C29H60O5Si2/c1-23(21-29(30-8)19-13-14-20-31-29)26-18-17-24(33-26)15-16-25(34-36(11,12)28(5,6)7)22-32-35(9,10)27(2,3)4/h23-26H,13-22H2,1-12H3/t23-,24?,25?,26+,29-/m0/s1. The molecule has 0 aromatic rings. The Morgan fingerprint density at radius 1 is 0.944 bits per heavy atom. The molecule has 0 aliphatic carbocycles. The van der Waals surface area contributed by atoms with Gasteiger partial charge in [0.15, 0.2) is 22.4 Å². The average molecular weight is 545 g/mol. The zero-order valence-electron chi connectivity index (χ0n) is 25.9. The predicted molar refractivity (Wildman–Crippen MR) is 156 cm³/mol. The van der Waals surface area contributed by atoms with E-state index in [1.165, 1.54) is 6.42 Å². The van der Waals surface area contributed by atoms with E-state index >= 15 is 0 Å². The van der Waals surface area contributed by atoms with E-state index in [0.29, 0.717) is 18.6 Å². The van der Waals surface area contributed by atoms with Gasteiger partial charge < -0.3 is 23.1 Å². The Kier molecular flexibility index (Phi) is 11.4. The second-order valence-corrected chi connectivity index (χ2v) is 24.2. The molecule has 0 amide bonds. The summed E-state index contributed by atoms with van der Waals surface area (Å²) in [4.78, 5) is 0. The fraction of sp³-hybridized carbons (Fsp3) is 1.00. The van der Waals surface area contributed by atoms with Gasteiger partial charge in [-0.3, -0.25) is 0 Å². The van der Waals surface area contributed by atoms with Gasteiger partial charge in [-0.05, 0) is 80.7 Å². The first-order chi connectivity index (χ1) is 16.4. The molecule has 2 saturated heterocycles. The molecule has 2 rings (SSSR count). The van der Waals surface area contributed by atoms with Gasteiger partial charge in [-0.25, -0.2) is 0 Å². The van der Waals surface area contributed by atoms with Crippen LogP contribution < -0.4 is 0 Å². The predicted octanol–water partition coefficient (Wildman–Crippen LogP) is 8.30. The fourth-order valence-electron chi connectivity index (χ4n) is 4.88. The van der Waals surface area contributed by atoms with Crippen LogP contribution >= 0.6 is 0 Å². The van der Waals surface area contributed by atoms with E-state index in [0.717, 1.165) is 51.6 Å². The lowest BCUT2D eigenvalue weighted by Crippen LogP contribution is -2.48. The van der Waals surface area contributed by atoms with Crippen molar-refractivity contribution in [2.75, 3.05) is 20.3 Å². The Morgan fingerprint density at radius 3 is 2.11 bits per heavy atom. The molecule has 214 valence electrons. The smallest absolute Gasteiger partial charge is 0.192 e. The lowest BCUT2D eigenvalue weighted by molar-refractivity contribution is -0.254. The normalized spacial score (nSPS) is 28.3. The minimum absolute atomic E-state index is 0.132. The molecule has 0 bridgehead atoms. The summed E-state index contributed by atoms with van der Waals surface area (Å²) in [6.45, 7) is 27.1. The van der Waals surface area contributed by atoms with E-state index in [1.54, 1.807) is 7.11 Å². The number of rotatable bonds is 12. The molecule has 0 spiro atoms. The van der Waals surface area contributed by atoms with Crippen molar-refractivity contribution in [3.8, 4) is 0 Å². The molecule has 2 aliphatic rings. The third kappa shape index (κ3) is 8.89. The Bertz CT molecular complexity index is 662. The number of ether oxygens (including phenoxy) is 3. The summed E-state index contributed by atoms with van der Waals surface area (Å²) in [5, 5.41) is 0.388. The Balaban J connectivity index is 1.96. The molecule has 0 N–H and O–H groups in total. The average Bonchev–Trinajstić information content (AvgIpc) is 3.24. The van der Waals surface area contributed by atoms with Crippen molar-refractivity contribution in [1.82, 2.24) is 0 Å². The largest absolute Gasteiger partial charge is 0.414 e. The van der Waals surface area contributed by atoms with E-state index < -0.39 is 22.4 Å². The summed E-state index contributed by atoms with van der Waals surface area (Å²) in [7, 11) is -1.92. The highest BCUT2D eigenvalue weighted by atomic mass is 28.4. The quantitative estimate of drug-likeness (QED) is 0.231. The fourth-order valence-corrected chi connectivity index (χ4v) is 7.29. The third-order valence-corrected chi connectivity index (χ3v) is 18.6. The second-order valence-electron chi connectivity index (χ2n) is 14.6. The van der Waals surface area contributed by atoms with Gasteiger partial charge in [0, 0.05) is 20.0 Å². The summed E-state index contributed by atoms with van der Waals surface area (Å²) < 4.78 is 32.2. The van der Waals surface area contributed by atoms with E-state index in [9.17, 15) is 0 Å². The SMILES string of the molecule is CO[C@@]1(C[C@H](C)[C@H]2CCC(CCC(CO[Si](C)(C)C(C)(C)C)O[Si](C)(C)C(C)(C)C)O2)CCCCO1. The van der Waals surface area contributed by atoms with Crippen LogP contribution in [-0.4, -0.2) is 61.1 Å². The number of methoxy groups -OCH3 is 1. The van der Waals surface area contributed by atoms with Crippen LogP contribution in [0.4, 0.5) is 0 Å². The van der Waals surface area contributed by atoms with Gasteiger partial charge in [-0.1, -0.05) is 48.5 Å². The van der Waals surface area contributed by atoms with Crippen LogP contribution in [0.2, 0.25) is 36.3 Å². The van der Waals surface area contributed by atoms with Crippen molar-refractivity contribution in [3.05, 3.63) is 0 Å². The van der Waals surface area contributed by atoms with E-state index in [1.807, 2.05) is 0 Å². The minimum Gasteiger partial charge on any atom is -0.414 e. The molecule has 7 heteroatoms. The molecule has 2 unspecified atom stereocenters. The van der Waals surface area contributed by atoms with Crippen LogP contribution in [0, 0.1) is 5.92 Å². The monoisotopic (exact) mass is 544 g/mol. The zero-order valence-corrected chi connectivity index (χ0v) is 27.9. The molecule has 2 heterocycles. The maximum absolute atomic E-state index is 6.92. The van der Waals surface area contributed by atoms with E-state index in [-0.39, 0.29) is 22.3 Å². The molecule has 2 aliphatic heterocycles. The van der Waals surface area contributed by atoms with Crippen molar-refractivity contribution < 1.29 is 23.1 Å². The molecule has 5 atom stereocenters. The van der Waals surface area contributed by atoms with Crippen LogP contribution in [-0.2, 0) is 23.1 Å². The Morgan fingerprint density at radius 2 is 1.58 bits per heavy atom. The molecule has 0 radical (unpaired) electrons. The topological polar surface area (TPSA) is 46.2 Å². The first-order valence-electron chi connectivity index (χ1n) is 14.6. The molecule has 36 heavy (non-hydrogen) atoms. The first kappa shape index (κ1) is 32.4. The number of hydrogen-bond donors (Lipinski definition) is 0. The summed E-state index contributed by atoms with van der Waals surface area (Å²) in [5.41, 5.74) is 0. The van der Waals surface area contributed by atoms with E-state index in [4.69, 9.17) is 23.1 Å². The van der Waals surface area contributed by atoms with Crippen LogP contribution in [0.15, 0.2) is 0 Å². The van der Waals surface area contributed by atoms with Crippen molar-refractivity contribution in [3.63, 3.8) is 0 Å². The van der Waals surface area contributed by atoms with Gasteiger partial charge in [0.05, 0.1) is 31.5 Å². The van der Waals surface area contributed by atoms with Crippen molar-refractivity contribution in [2.24, 2.45) is 5.92 Å². The van der Waals surface area contributed by atoms with Crippen molar-refractivity contribution in [1.29, 1.82) is 0 Å². The Hall–Kier alpha value is 0.234. The Labute approximate surface area is 226 Å². The van der Waals surface area contributed by atoms with Crippen molar-refractivity contribution >= 4 is 16.6 Å². The van der Waals surface area contributed by atoms with Gasteiger partial charge >= 0.3 is 0 Å². The van der Waals surface area contributed by atoms with Gasteiger partial charge in [0.1, 0.15) is 0 Å². The summed E-state index contributed by atoms with van der Waals surface area (Å²) >= 11 is 0. The second kappa shape index (κ2) is 12.6. The molecule has 5 nitrogen and oxygen atoms in total. The lowest BCUT2D eigenvalue weighted by atomic mass is 9.90. The molecular formula is C29H60O5Si2. The van der Waals surface area contributed by atoms with Gasteiger partial charge in [-0.2, -0.15) is 0 Å². The highest BCUT2D eigenvalue weighted by Crippen LogP contribution is 2.41. The summed E-state index contributed by atoms with van der Waals surface area (Å²) in [6.07, 6.45) is 9.24. The third-order valence-electron chi connectivity index (χ3n) is 9.61. The summed E-state index contributed by atoms with van der Waals surface area (Å²) in [5.74, 6) is 0.0108. The van der Waals surface area contributed by atoms with Crippen LogP contribution in [0.3, 0.4) is 0 Å². The zero-order chi connectivity index (χ0) is 27.4. The molecule has 0 saturated carbocycles. The number of hydrogen-bond acceptors (Lipinski definition) is 5. The first-order valence-corrected chi connectivity index (χ1v) is 20.4. The minimum atomic E-state index is -1.89. The molecule has 0 aromatic carbocycles. The van der Waals surface area contributed by atoms with Crippen LogP contribution in [0.1, 0.15) is 99.8 Å². The lowest BCUT2D eigenvalue weighted by Gasteiger charge is -2.42. The molecule has 2 fully saturated rings. The van der Waals surface area contributed by atoms with Gasteiger partial charge in [-0.15, -0.1) is 0 Å². The maximum atomic E-state index is 6.92. The van der Waals surface area contributed by atoms with Gasteiger partial charge in [0.25, 0.3) is 0 Å². The van der Waals surface area contributed by atoms with Crippen LogP contribution in [0.25, 0.3) is 0 Å². The van der Waals surface area contributed by atoms with Gasteiger partial charge in [0.2, 0.25) is 0 Å². The van der Waals surface area contributed by atoms with E-state index in [2.05, 4.69) is 74.7 Å². The molecule has 0 aromatic heterocycles. The highest BCUT2D eigenvalue weighted by Gasteiger charge is 2.42. The summed E-state index contributed by atoms with van der Waals surface area (Å²) in [6, 6.07) is 0. The highest BCUT2D eigenvalue weighted by molar-refractivity contribution is 6.74. The molecular weight excluding hydrogens is 484 g/mol.